The normalized spacial score (nSPS) is 18.7. The van der Waals surface area contributed by atoms with E-state index >= 15 is 0 Å². The monoisotopic (exact) mass is 696 g/mol. The van der Waals surface area contributed by atoms with E-state index in [-0.39, 0.29) is 11.7 Å². The second-order valence-corrected chi connectivity index (χ2v) is 13.8. The van der Waals surface area contributed by atoms with Crippen LogP contribution in [0.1, 0.15) is 62.6 Å². The van der Waals surface area contributed by atoms with Crippen molar-refractivity contribution in [3.8, 4) is 0 Å². The Kier molecular flexibility index (Phi) is 11.4. The number of pyridine rings is 1. The highest BCUT2D eigenvalue weighted by Gasteiger charge is 2.44. The molecule has 1 aromatic heterocycles. The second-order valence-electron chi connectivity index (χ2n) is 13.3. The third-order valence-corrected chi connectivity index (χ3v) is 8.77. The number of aryl methyl sites for hydroxylation is 1. The number of hydrogen-bond acceptors (Lipinski definition) is 7. The number of azide groups is 1. The maximum atomic E-state index is 14.4. The zero-order chi connectivity index (χ0) is 35.2. The Bertz CT molecular complexity index is 1670. The third kappa shape index (κ3) is 9.45. The summed E-state index contributed by atoms with van der Waals surface area (Å²) in [5.74, 6) is -3.45. The number of carbonyl (C=O) groups is 2. The first-order chi connectivity index (χ1) is 23.3. The first-order valence-electron chi connectivity index (χ1n) is 16.1. The quantitative estimate of drug-likeness (QED) is 0.139. The van der Waals surface area contributed by atoms with E-state index in [2.05, 4.69) is 20.3 Å². The van der Waals surface area contributed by atoms with Crippen molar-refractivity contribution >= 4 is 29.3 Å². The molecule has 11 nitrogen and oxygen atoms in total. The molecule has 3 heterocycles. The molecule has 14 heteroatoms. The summed E-state index contributed by atoms with van der Waals surface area (Å²) in [6.45, 7) is 7.27. The number of benzene rings is 2. The number of nitrogens with one attached hydrogen (secondary N) is 1. The Labute approximate surface area is 288 Å². The molecule has 1 N–H and O–H groups in total. The summed E-state index contributed by atoms with van der Waals surface area (Å²) in [5, 5.41) is 7.04. The van der Waals surface area contributed by atoms with Crippen molar-refractivity contribution < 1.29 is 32.6 Å². The van der Waals surface area contributed by atoms with E-state index in [0.29, 0.717) is 68.3 Å². The van der Waals surface area contributed by atoms with Gasteiger partial charge in [-0.25, -0.2) is 13.6 Å². The maximum absolute atomic E-state index is 14.4. The molecule has 2 aromatic carbocycles. The Hall–Kier alpha value is -4.29. The van der Waals surface area contributed by atoms with Crippen LogP contribution in [0.4, 0.5) is 19.3 Å². The summed E-state index contributed by atoms with van der Waals surface area (Å²) >= 11 is 6.09. The fourth-order valence-electron chi connectivity index (χ4n) is 6.31. The Balaban J connectivity index is 1.37. The van der Waals surface area contributed by atoms with Gasteiger partial charge >= 0.3 is 6.09 Å². The minimum absolute atomic E-state index is 0.102. The predicted molar refractivity (Wildman–Crippen MR) is 179 cm³/mol. The molecule has 3 atom stereocenters. The lowest BCUT2D eigenvalue weighted by Gasteiger charge is -2.48. The van der Waals surface area contributed by atoms with Crippen LogP contribution in [0, 0.1) is 11.6 Å². The van der Waals surface area contributed by atoms with Gasteiger partial charge in [-0.1, -0.05) is 28.8 Å². The maximum Gasteiger partial charge on any atom is 0.410 e. The van der Waals surface area contributed by atoms with Gasteiger partial charge in [-0.2, -0.15) is 0 Å². The number of morpholine rings is 1. The molecule has 49 heavy (non-hydrogen) atoms. The van der Waals surface area contributed by atoms with Gasteiger partial charge in [0.15, 0.2) is 0 Å². The highest BCUT2D eigenvalue weighted by Crippen LogP contribution is 2.35. The lowest BCUT2D eigenvalue weighted by atomic mass is 9.84. The number of ether oxygens (including phenoxy) is 3. The summed E-state index contributed by atoms with van der Waals surface area (Å²) in [7, 11) is 0. The predicted octanol–water partition coefficient (Wildman–Crippen LogP) is 7.58. The molecule has 2 saturated heterocycles. The van der Waals surface area contributed by atoms with Gasteiger partial charge in [0.1, 0.15) is 23.3 Å². The number of nitrogens with zero attached hydrogens (tertiary/aromatic N) is 5. The van der Waals surface area contributed by atoms with Gasteiger partial charge in [0.25, 0.3) is 0 Å². The van der Waals surface area contributed by atoms with Gasteiger partial charge in [0.05, 0.1) is 36.7 Å². The molecule has 2 aliphatic rings. The smallest absolute Gasteiger partial charge is 0.410 e. The van der Waals surface area contributed by atoms with Crippen LogP contribution in [0.3, 0.4) is 0 Å². The highest BCUT2D eigenvalue weighted by atomic mass is 35.5. The van der Waals surface area contributed by atoms with Crippen LogP contribution in [0.15, 0.2) is 66.0 Å². The number of hydrogen-bond donors (Lipinski definition) is 1. The number of aromatic nitrogens is 1. The van der Waals surface area contributed by atoms with Gasteiger partial charge < -0.3 is 24.4 Å². The molecular formula is C35H39ClF2N6O5. The SMILES string of the molecule is CC(C)(C)OC(=O)N1C[C@@H](CCc2ccncc2NC(=O)[C@@H](N=[N+]=[N-])[C@@H](c2ccc(Cl)cc2)c2cc(F)cc(F)c2)OC2(CCOCC2)C1. The molecule has 2 amide bonds. The van der Waals surface area contributed by atoms with Crippen molar-refractivity contribution in [1.82, 2.24) is 9.88 Å². The molecule has 0 bridgehead atoms. The van der Waals surface area contributed by atoms with Gasteiger partial charge in [0, 0.05) is 54.2 Å². The highest BCUT2D eigenvalue weighted by molar-refractivity contribution is 6.30. The Morgan fingerprint density at radius 1 is 1.14 bits per heavy atom. The van der Waals surface area contributed by atoms with Crippen molar-refractivity contribution in [2.24, 2.45) is 5.11 Å². The van der Waals surface area contributed by atoms with Crippen LogP contribution in [0.2, 0.25) is 5.02 Å². The molecular weight excluding hydrogens is 658 g/mol. The van der Waals surface area contributed by atoms with E-state index in [1.807, 2.05) is 20.8 Å². The first kappa shape index (κ1) is 36.0. The number of amides is 2. The van der Waals surface area contributed by atoms with E-state index in [0.717, 1.165) is 23.8 Å². The van der Waals surface area contributed by atoms with Crippen molar-refractivity contribution in [2.45, 2.75) is 75.7 Å². The van der Waals surface area contributed by atoms with E-state index in [1.165, 1.54) is 6.20 Å². The van der Waals surface area contributed by atoms with E-state index in [4.69, 9.17) is 25.8 Å². The van der Waals surface area contributed by atoms with Gasteiger partial charge in [-0.15, -0.1) is 0 Å². The summed E-state index contributed by atoms with van der Waals surface area (Å²) in [4.78, 5) is 35.8. The van der Waals surface area contributed by atoms with Crippen molar-refractivity contribution in [2.75, 3.05) is 31.6 Å². The zero-order valence-electron chi connectivity index (χ0n) is 27.6. The van der Waals surface area contributed by atoms with Crippen molar-refractivity contribution in [3.05, 3.63) is 105 Å². The van der Waals surface area contributed by atoms with Crippen LogP contribution in [-0.2, 0) is 25.4 Å². The zero-order valence-corrected chi connectivity index (χ0v) is 28.3. The summed E-state index contributed by atoms with van der Waals surface area (Å²) in [6.07, 6.45) is 4.58. The average Bonchev–Trinajstić information content (AvgIpc) is 3.04. The molecule has 2 aliphatic heterocycles. The minimum atomic E-state index is -1.45. The summed E-state index contributed by atoms with van der Waals surface area (Å²) in [5.41, 5.74) is 9.94. The largest absolute Gasteiger partial charge is 0.444 e. The van der Waals surface area contributed by atoms with Crippen LogP contribution in [-0.4, -0.2) is 71.5 Å². The molecule has 260 valence electrons. The third-order valence-electron chi connectivity index (χ3n) is 8.51. The van der Waals surface area contributed by atoms with E-state index in [1.54, 1.807) is 41.4 Å². The fourth-order valence-corrected chi connectivity index (χ4v) is 6.43. The number of rotatable bonds is 9. The molecule has 0 aliphatic carbocycles. The van der Waals surface area contributed by atoms with Crippen molar-refractivity contribution in [1.29, 1.82) is 0 Å². The molecule has 2 fully saturated rings. The number of carbonyl (C=O) groups excluding carboxylic acids is 2. The minimum Gasteiger partial charge on any atom is -0.444 e. The van der Waals surface area contributed by atoms with Gasteiger partial charge in [-0.05, 0) is 86.2 Å². The Morgan fingerprint density at radius 3 is 2.49 bits per heavy atom. The van der Waals surface area contributed by atoms with Crippen LogP contribution in [0.5, 0.6) is 0 Å². The summed E-state index contributed by atoms with van der Waals surface area (Å²) < 4.78 is 46.7. The molecule has 0 unspecified atom stereocenters. The topological polar surface area (TPSA) is 139 Å². The average molecular weight is 697 g/mol. The van der Waals surface area contributed by atoms with E-state index < -0.39 is 46.8 Å². The molecule has 1 spiro atoms. The molecule has 5 rings (SSSR count). The molecule has 3 aromatic rings. The number of anilines is 1. The lowest BCUT2D eigenvalue weighted by molar-refractivity contribution is -0.186. The lowest BCUT2D eigenvalue weighted by Crippen LogP contribution is -2.59. The van der Waals surface area contributed by atoms with Crippen LogP contribution in [0.25, 0.3) is 10.4 Å². The van der Waals surface area contributed by atoms with E-state index in [9.17, 15) is 23.9 Å². The van der Waals surface area contributed by atoms with Crippen LogP contribution < -0.4 is 5.32 Å². The first-order valence-corrected chi connectivity index (χ1v) is 16.5. The Morgan fingerprint density at radius 2 is 1.84 bits per heavy atom. The van der Waals surface area contributed by atoms with Gasteiger partial charge in [-0.3, -0.25) is 9.78 Å². The fraction of sp³-hybridized carbons (Fsp3) is 0.457. The summed E-state index contributed by atoms with van der Waals surface area (Å²) in [6, 6.07) is 9.59. The second kappa shape index (κ2) is 15.5. The number of halogens is 3. The van der Waals surface area contributed by atoms with Crippen LogP contribution >= 0.6 is 11.6 Å². The molecule has 0 saturated carbocycles. The van der Waals surface area contributed by atoms with Gasteiger partial charge in [0.2, 0.25) is 5.91 Å². The van der Waals surface area contributed by atoms with Crippen molar-refractivity contribution in [3.63, 3.8) is 0 Å². The molecule has 0 radical (unpaired) electrons. The standard InChI is InChI=1S/C35H39ClF2N6O5/c1-34(2,3)49-33(46)44-20-28(48-35(21-44)11-14-47-15-12-35)9-6-22-10-13-40-19-29(22)41-32(45)31(42-43-39)30(23-4-7-25(36)8-5-23)24-16-26(37)18-27(38)17-24/h4-5,7-8,10,13,16-19,28,30-31H,6,9,11-12,14-15,20-21H2,1-3H3,(H,41,45)/t28-,30+,31+/m1/s1.